The Labute approximate surface area is 127 Å². The summed E-state index contributed by atoms with van der Waals surface area (Å²) in [6, 6.07) is 6.55. The van der Waals surface area contributed by atoms with Crippen LogP contribution in [0.1, 0.15) is 42.9 Å². The van der Waals surface area contributed by atoms with E-state index in [0.717, 1.165) is 32.4 Å². The van der Waals surface area contributed by atoms with Crippen molar-refractivity contribution in [3.8, 4) is 0 Å². The highest BCUT2D eigenvalue weighted by Gasteiger charge is 2.54. The van der Waals surface area contributed by atoms with Gasteiger partial charge in [0.05, 0.1) is 5.41 Å². The minimum absolute atomic E-state index is 0.105. The Kier molecular flexibility index (Phi) is 3.36. The SMILES string of the molecule is Cc1cc(C)cc(C2(C(=O)N3CCC(C)(CN)C3)CC2)c1. The maximum Gasteiger partial charge on any atom is 0.233 e. The number of nitrogens with two attached hydrogens (primary N) is 1. The highest BCUT2D eigenvalue weighted by atomic mass is 16.2. The fourth-order valence-corrected chi connectivity index (χ4v) is 3.67. The zero-order valence-electron chi connectivity index (χ0n) is 13.4. The van der Waals surface area contributed by atoms with Gasteiger partial charge >= 0.3 is 0 Å². The van der Waals surface area contributed by atoms with E-state index >= 15 is 0 Å². The molecule has 2 aliphatic rings. The first-order chi connectivity index (χ1) is 9.88. The molecule has 3 heteroatoms. The van der Waals surface area contributed by atoms with Gasteiger partial charge in [-0.25, -0.2) is 0 Å². The molecule has 0 aromatic heterocycles. The van der Waals surface area contributed by atoms with E-state index in [1.807, 2.05) is 0 Å². The molecule has 1 atom stereocenters. The van der Waals surface area contributed by atoms with E-state index in [-0.39, 0.29) is 10.8 Å². The minimum atomic E-state index is -0.239. The predicted molar refractivity (Wildman–Crippen MR) is 85.2 cm³/mol. The third-order valence-corrected chi connectivity index (χ3v) is 5.27. The average Bonchev–Trinajstić information content (AvgIpc) is 3.15. The Hall–Kier alpha value is -1.35. The minimum Gasteiger partial charge on any atom is -0.341 e. The van der Waals surface area contributed by atoms with Gasteiger partial charge in [-0.3, -0.25) is 4.79 Å². The molecule has 1 aromatic carbocycles. The van der Waals surface area contributed by atoms with Crippen LogP contribution in [0.4, 0.5) is 0 Å². The number of carbonyl (C=O) groups is 1. The molecule has 1 saturated heterocycles. The first-order valence-electron chi connectivity index (χ1n) is 7.97. The average molecular weight is 286 g/mol. The van der Waals surface area contributed by atoms with Crippen molar-refractivity contribution >= 4 is 5.91 Å². The van der Waals surface area contributed by atoms with Crippen LogP contribution in [0.5, 0.6) is 0 Å². The summed E-state index contributed by atoms with van der Waals surface area (Å²) in [5, 5.41) is 0. The third kappa shape index (κ3) is 2.48. The van der Waals surface area contributed by atoms with Gasteiger partial charge in [0, 0.05) is 13.1 Å². The Bertz CT molecular complexity index is 556. The Balaban J connectivity index is 1.84. The number of aryl methyl sites for hydroxylation is 2. The standard InChI is InChI=1S/C18H26N2O/c1-13-8-14(2)10-15(9-13)18(4-5-18)16(21)20-7-6-17(3,11-19)12-20/h8-10H,4-7,11-12,19H2,1-3H3. The molecule has 0 bridgehead atoms. The molecule has 2 N–H and O–H groups in total. The lowest BCUT2D eigenvalue weighted by Crippen LogP contribution is -2.40. The number of carbonyl (C=O) groups excluding carboxylic acids is 1. The van der Waals surface area contributed by atoms with E-state index in [0.29, 0.717) is 12.5 Å². The summed E-state index contributed by atoms with van der Waals surface area (Å²) in [6.07, 6.45) is 3.01. The first kappa shape index (κ1) is 14.6. The zero-order valence-corrected chi connectivity index (χ0v) is 13.4. The molecule has 3 rings (SSSR count). The van der Waals surface area contributed by atoms with Gasteiger partial charge in [-0.2, -0.15) is 0 Å². The fourth-order valence-electron chi connectivity index (χ4n) is 3.67. The highest BCUT2D eigenvalue weighted by molar-refractivity contribution is 5.91. The maximum atomic E-state index is 13.0. The van der Waals surface area contributed by atoms with Crippen molar-refractivity contribution in [1.82, 2.24) is 4.90 Å². The molecule has 1 amide bonds. The van der Waals surface area contributed by atoms with Crippen molar-refractivity contribution in [2.45, 2.75) is 45.4 Å². The summed E-state index contributed by atoms with van der Waals surface area (Å²) in [5.41, 5.74) is 9.44. The summed E-state index contributed by atoms with van der Waals surface area (Å²) < 4.78 is 0. The summed E-state index contributed by atoms with van der Waals surface area (Å²) >= 11 is 0. The van der Waals surface area contributed by atoms with Crippen molar-refractivity contribution in [1.29, 1.82) is 0 Å². The van der Waals surface area contributed by atoms with E-state index in [4.69, 9.17) is 5.73 Å². The number of hydrogen-bond donors (Lipinski definition) is 1. The Morgan fingerprint density at radius 2 is 1.81 bits per heavy atom. The van der Waals surface area contributed by atoms with Crippen LogP contribution in [0.3, 0.4) is 0 Å². The topological polar surface area (TPSA) is 46.3 Å². The molecule has 0 spiro atoms. The van der Waals surface area contributed by atoms with Crippen LogP contribution in [0.2, 0.25) is 0 Å². The third-order valence-electron chi connectivity index (χ3n) is 5.27. The second kappa shape index (κ2) is 4.84. The van der Waals surface area contributed by atoms with Crippen LogP contribution in [0.25, 0.3) is 0 Å². The molecule has 3 nitrogen and oxygen atoms in total. The van der Waals surface area contributed by atoms with Crippen LogP contribution >= 0.6 is 0 Å². The highest BCUT2D eigenvalue weighted by Crippen LogP contribution is 2.51. The van der Waals surface area contributed by atoms with Gasteiger partial charge in [-0.05, 0) is 50.6 Å². The van der Waals surface area contributed by atoms with E-state index in [1.54, 1.807) is 0 Å². The predicted octanol–water partition coefficient (Wildman–Crippen LogP) is 2.53. The van der Waals surface area contributed by atoms with Crippen LogP contribution in [-0.2, 0) is 10.2 Å². The van der Waals surface area contributed by atoms with Crippen LogP contribution in [0.15, 0.2) is 18.2 Å². The summed E-state index contributed by atoms with van der Waals surface area (Å²) in [5.74, 6) is 0.324. The molecule has 1 aliphatic heterocycles. The summed E-state index contributed by atoms with van der Waals surface area (Å²) in [7, 11) is 0. The number of nitrogens with zero attached hydrogens (tertiary/aromatic N) is 1. The Morgan fingerprint density at radius 3 is 2.29 bits per heavy atom. The number of likely N-dealkylation sites (tertiary alicyclic amines) is 1. The van der Waals surface area contributed by atoms with E-state index in [2.05, 4.69) is 43.9 Å². The number of hydrogen-bond acceptors (Lipinski definition) is 2. The van der Waals surface area contributed by atoms with E-state index in [9.17, 15) is 4.79 Å². The molecule has 2 fully saturated rings. The molecule has 1 saturated carbocycles. The van der Waals surface area contributed by atoms with Gasteiger partial charge in [-0.15, -0.1) is 0 Å². The fraction of sp³-hybridized carbons (Fsp3) is 0.611. The largest absolute Gasteiger partial charge is 0.341 e. The van der Waals surface area contributed by atoms with E-state index in [1.165, 1.54) is 16.7 Å². The molecule has 21 heavy (non-hydrogen) atoms. The van der Waals surface area contributed by atoms with Gasteiger partial charge in [0.15, 0.2) is 0 Å². The molecule has 1 unspecified atom stereocenters. The molecule has 1 heterocycles. The number of benzene rings is 1. The molecular weight excluding hydrogens is 260 g/mol. The normalized spacial score (nSPS) is 27.0. The van der Waals surface area contributed by atoms with Crippen molar-refractivity contribution in [3.63, 3.8) is 0 Å². The number of rotatable bonds is 3. The van der Waals surface area contributed by atoms with Gasteiger partial charge < -0.3 is 10.6 Å². The van der Waals surface area contributed by atoms with Gasteiger partial charge in [0.1, 0.15) is 0 Å². The quantitative estimate of drug-likeness (QED) is 0.928. The van der Waals surface area contributed by atoms with Crippen LogP contribution in [-0.4, -0.2) is 30.4 Å². The molecule has 1 aliphatic carbocycles. The maximum absolute atomic E-state index is 13.0. The van der Waals surface area contributed by atoms with Crippen LogP contribution in [0, 0.1) is 19.3 Å². The smallest absolute Gasteiger partial charge is 0.233 e. The summed E-state index contributed by atoms with van der Waals surface area (Å²) in [6.45, 7) is 8.74. The van der Waals surface area contributed by atoms with Gasteiger partial charge in [0.2, 0.25) is 5.91 Å². The summed E-state index contributed by atoms with van der Waals surface area (Å²) in [4.78, 5) is 15.1. The first-order valence-corrected chi connectivity index (χ1v) is 7.97. The van der Waals surface area contributed by atoms with Crippen molar-refractivity contribution in [2.75, 3.05) is 19.6 Å². The number of amides is 1. The van der Waals surface area contributed by atoms with Gasteiger partial charge in [-0.1, -0.05) is 36.2 Å². The van der Waals surface area contributed by atoms with E-state index < -0.39 is 0 Å². The molecule has 1 aromatic rings. The second-order valence-electron chi connectivity index (χ2n) is 7.45. The lowest BCUT2D eigenvalue weighted by molar-refractivity contribution is -0.133. The molecule has 114 valence electrons. The van der Waals surface area contributed by atoms with Crippen LogP contribution < -0.4 is 5.73 Å². The zero-order chi connectivity index (χ0) is 15.3. The monoisotopic (exact) mass is 286 g/mol. The second-order valence-corrected chi connectivity index (χ2v) is 7.45. The lowest BCUT2D eigenvalue weighted by Gasteiger charge is -2.26. The van der Waals surface area contributed by atoms with Crippen molar-refractivity contribution < 1.29 is 4.79 Å². The lowest BCUT2D eigenvalue weighted by atomic mass is 9.89. The Morgan fingerprint density at radius 1 is 1.19 bits per heavy atom. The van der Waals surface area contributed by atoms with Gasteiger partial charge in [0.25, 0.3) is 0 Å². The molecule has 0 radical (unpaired) electrons. The van der Waals surface area contributed by atoms with Crippen molar-refractivity contribution in [3.05, 3.63) is 34.9 Å². The molecular formula is C18H26N2O. The van der Waals surface area contributed by atoms with Crippen molar-refractivity contribution in [2.24, 2.45) is 11.1 Å².